The standard InChI is InChI=1S/C15H20N2/c1-10(2)11-3-6-15-12(7-11)8-14(17-15)9-16-13-4-5-13/h3,6-8,10,13,16-17H,4-5,9H2,1-2H3. The molecule has 0 aliphatic heterocycles. The minimum absolute atomic E-state index is 0.599. The Labute approximate surface area is 102 Å². The highest BCUT2D eigenvalue weighted by atomic mass is 15.0. The number of aromatic amines is 1. The van der Waals surface area contributed by atoms with Gasteiger partial charge in [0.05, 0.1) is 0 Å². The molecule has 1 heterocycles. The molecule has 2 nitrogen and oxygen atoms in total. The summed E-state index contributed by atoms with van der Waals surface area (Å²) in [5, 5.41) is 4.88. The number of H-pyrrole nitrogens is 1. The summed E-state index contributed by atoms with van der Waals surface area (Å²) in [5.74, 6) is 0.599. The van der Waals surface area contributed by atoms with Gasteiger partial charge in [0.15, 0.2) is 0 Å². The second-order valence-electron chi connectivity index (χ2n) is 5.45. The Kier molecular flexibility index (Phi) is 2.67. The molecule has 2 aromatic rings. The van der Waals surface area contributed by atoms with Crippen molar-refractivity contribution in [2.75, 3.05) is 0 Å². The molecule has 90 valence electrons. The Morgan fingerprint density at radius 1 is 1.29 bits per heavy atom. The Bertz CT molecular complexity index is 521. The maximum Gasteiger partial charge on any atom is 0.0456 e. The molecule has 17 heavy (non-hydrogen) atoms. The fourth-order valence-electron chi connectivity index (χ4n) is 2.21. The van der Waals surface area contributed by atoms with Gasteiger partial charge in [-0.2, -0.15) is 0 Å². The Morgan fingerprint density at radius 2 is 2.12 bits per heavy atom. The molecule has 3 rings (SSSR count). The molecule has 0 spiro atoms. The normalized spacial score (nSPS) is 15.9. The highest BCUT2D eigenvalue weighted by Crippen LogP contribution is 2.23. The molecule has 1 aromatic heterocycles. The zero-order chi connectivity index (χ0) is 11.8. The van der Waals surface area contributed by atoms with E-state index in [4.69, 9.17) is 0 Å². The van der Waals surface area contributed by atoms with Gasteiger partial charge in [-0.3, -0.25) is 0 Å². The summed E-state index contributed by atoms with van der Waals surface area (Å²) in [5.41, 5.74) is 3.97. The van der Waals surface area contributed by atoms with E-state index in [1.165, 1.54) is 35.0 Å². The average Bonchev–Trinajstić information content (AvgIpc) is 3.04. The van der Waals surface area contributed by atoms with E-state index < -0.39 is 0 Å². The van der Waals surface area contributed by atoms with Crippen LogP contribution in [-0.4, -0.2) is 11.0 Å². The number of rotatable bonds is 4. The van der Waals surface area contributed by atoms with Gasteiger partial charge in [0.25, 0.3) is 0 Å². The van der Waals surface area contributed by atoms with E-state index in [9.17, 15) is 0 Å². The second kappa shape index (κ2) is 4.19. The van der Waals surface area contributed by atoms with E-state index in [-0.39, 0.29) is 0 Å². The monoisotopic (exact) mass is 228 g/mol. The van der Waals surface area contributed by atoms with Crippen molar-refractivity contribution in [3.05, 3.63) is 35.5 Å². The van der Waals surface area contributed by atoms with E-state index in [1.807, 2.05) is 0 Å². The predicted octanol–water partition coefficient (Wildman–Crippen LogP) is 3.54. The minimum atomic E-state index is 0.599. The number of benzene rings is 1. The molecule has 1 aliphatic rings. The molecule has 0 bridgehead atoms. The lowest BCUT2D eigenvalue weighted by Gasteiger charge is -2.03. The molecule has 2 heteroatoms. The van der Waals surface area contributed by atoms with Crippen molar-refractivity contribution in [3.63, 3.8) is 0 Å². The van der Waals surface area contributed by atoms with Crippen LogP contribution < -0.4 is 5.32 Å². The van der Waals surface area contributed by atoms with Crippen molar-refractivity contribution in [1.29, 1.82) is 0 Å². The first-order chi connectivity index (χ1) is 8.22. The van der Waals surface area contributed by atoms with Crippen LogP contribution in [0.1, 0.15) is 43.9 Å². The molecule has 1 aliphatic carbocycles. The SMILES string of the molecule is CC(C)c1ccc2[nH]c(CNC3CC3)cc2c1. The summed E-state index contributed by atoms with van der Waals surface area (Å²) in [6.07, 6.45) is 2.69. The Morgan fingerprint density at radius 3 is 2.82 bits per heavy atom. The largest absolute Gasteiger partial charge is 0.357 e. The predicted molar refractivity (Wildman–Crippen MR) is 72.2 cm³/mol. The zero-order valence-corrected chi connectivity index (χ0v) is 10.6. The van der Waals surface area contributed by atoms with Crippen molar-refractivity contribution in [2.45, 2.75) is 45.2 Å². The van der Waals surface area contributed by atoms with Gasteiger partial charge in [-0.05, 0) is 47.9 Å². The number of hydrogen-bond donors (Lipinski definition) is 2. The molecule has 1 saturated carbocycles. The second-order valence-corrected chi connectivity index (χ2v) is 5.45. The van der Waals surface area contributed by atoms with Crippen LogP contribution in [0.15, 0.2) is 24.3 Å². The fourth-order valence-corrected chi connectivity index (χ4v) is 2.21. The van der Waals surface area contributed by atoms with Crippen LogP contribution in [-0.2, 0) is 6.54 Å². The summed E-state index contributed by atoms with van der Waals surface area (Å²) in [4.78, 5) is 3.48. The van der Waals surface area contributed by atoms with Crippen molar-refractivity contribution in [2.24, 2.45) is 0 Å². The molecule has 0 saturated heterocycles. The topological polar surface area (TPSA) is 27.8 Å². The van der Waals surface area contributed by atoms with Gasteiger partial charge in [0.2, 0.25) is 0 Å². The lowest BCUT2D eigenvalue weighted by Crippen LogP contribution is -2.15. The van der Waals surface area contributed by atoms with Crippen LogP contribution in [0.4, 0.5) is 0 Å². The molecule has 0 radical (unpaired) electrons. The van der Waals surface area contributed by atoms with Gasteiger partial charge in [-0.1, -0.05) is 19.9 Å². The lowest BCUT2D eigenvalue weighted by atomic mass is 10.0. The number of hydrogen-bond acceptors (Lipinski definition) is 1. The molecule has 0 amide bonds. The zero-order valence-electron chi connectivity index (χ0n) is 10.6. The summed E-state index contributed by atoms with van der Waals surface area (Å²) < 4.78 is 0. The quantitative estimate of drug-likeness (QED) is 0.823. The maximum atomic E-state index is 3.54. The third-order valence-corrected chi connectivity index (χ3v) is 3.53. The van der Waals surface area contributed by atoms with E-state index in [0.29, 0.717) is 5.92 Å². The first-order valence-electron chi connectivity index (χ1n) is 6.57. The van der Waals surface area contributed by atoms with Crippen molar-refractivity contribution in [1.82, 2.24) is 10.3 Å². The number of nitrogens with one attached hydrogen (secondary N) is 2. The summed E-state index contributed by atoms with van der Waals surface area (Å²) >= 11 is 0. The van der Waals surface area contributed by atoms with Crippen molar-refractivity contribution in [3.8, 4) is 0 Å². The molecular formula is C15H20N2. The molecular weight excluding hydrogens is 208 g/mol. The Hall–Kier alpha value is -1.28. The average molecular weight is 228 g/mol. The third kappa shape index (κ3) is 2.37. The van der Waals surface area contributed by atoms with Gasteiger partial charge in [0, 0.05) is 23.8 Å². The Balaban J connectivity index is 1.83. The fraction of sp³-hybridized carbons (Fsp3) is 0.467. The molecule has 0 atom stereocenters. The van der Waals surface area contributed by atoms with E-state index in [0.717, 1.165) is 12.6 Å². The van der Waals surface area contributed by atoms with Crippen LogP contribution in [0.5, 0.6) is 0 Å². The van der Waals surface area contributed by atoms with Crippen molar-refractivity contribution < 1.29 is 0 Å². The highest BCUT2D eigenvalue weighted by Gasteiger charge is 2.20. The van der Waals surface area contributed by atoms with Gasteiger partial charge >= 0.3 is 0 Å². The minimum Gasteiger partial charge on any atom is -0.357 e. The first-order valence-corrected chi connectivity index (χ1v) is 6.57. The number of fused-ring (bicyclic) bond motifs is 1. The maximum absolute atomic E-state index is 3.54. The van der Waals surface area contributed by atoms with Crippen LogP contribution in [0, 0.1) is 0 Å². The van der Waals surface area contributed by atoms with Crippen LogP contribution in [0.25, 0.3) is 10.9 Å². The van der Waals surface area contributed by atoms with Crippen molar-refractivity contribution >= 4 is 10.9 Å². The van der Waals surface area contributed by atoms with E-state index in [1.54, 1.807) is 0 Å². The first kappa shape index (κ1) is 10.8. The number of aromatic nitrogens is 1. The van der Waals surface area contributed by atoms with Crippen LogP contribution in [0.3, 0.4) is 0 Å². The van der Waals surface area contributed by atoms with E-state index >= 15 is 0 Å². The summed E-state index contributed by atoms with van der Waals surface area (Å²) in [6, 6.07) is 9.77. The molecule has 2 N–H and O–H groups in total. The van der Waals surface area contributed by atoms with Gasteiger partial charge < -0.3 is 10.3 Å². The lowest BCUT2D eigenvalue weighted by molar-refractivity contribution is 0.678. The van der Waals surface area contributed by atoms with Gasteiger partial charge in [0.1, 0.15) is 0 Å². The third-order valence-electron chi connectivity index (χ3n) is 3.53. The van der Waals surface area contributed by atoms with Gasteiger partial charge in [-0.25, -0.2) is 0 Å². The van der Waals surface area contributed by atoms with Gasteiger partial charge in [-0.15, -0.1) is 0 Å². The summed E-state index contributed by atoms with van der Waals surface area (Å²) in [6.45, 7) is 5.45. The molecule has 1 fully saturated rings. The smallest absolute Gasteiger partial charge is 0.0456 e. The molecule has 1 aromatic carbocycles. The van der Waals surface area contributed by atoms with Crippen LogP contribution in [0.2, 0.25) is 0 Å². The van der Waals surface area contributed by atoms with Crippen LogP contribution >= 0.6 is 0 Å². The van der Waals surface area contributed by atoms with E-state index in [2.05, 4.69) is 48.4 Å². The molecule has 0 unspecified atom stereocenters. The highest BCUT2D eigenvalue weighted by molar-refractivity contribution is 5.81. The summed E-state index contributed by atoms with van der Waals surface area (Å²) in [7, 11) is 0.